The number of nitrogens with one attached hydrogen (secondary N) is 1. The Morgan fingerprint density at radius 2 is 1.78 bits per heavy atom. The summed E-state index contributed by atoms with van der Waals surface area (Å²) in [6.07, 6.45) is 2.78. The smallest absolute Gasteiger partial charge is 0.235 e. The Morgan fingerprint density at radius 3 is 2.39 bits per heavy atom. The van der Waals surface area contributed by atoms with Crippen molar-refractivity contribution >= 4 is 27.2 Å². The fourth-order valence-corrected chi connectivity index (χ4v) is 4.20. The third kappa shape index (κ3) is 3.73. The maximum absolute atomic E-state index is 12.5. The van der Waals surface area contributed by atoms with Gasteiger partial charge in [-0.2, -0.15) is 0 Å². The number of benzene rings is 1. The molecule has 1 fully saturated rings. The topological polar surface area (TPSA) is 88.3 Å². The molecular formula is C16H20N4O2S. The molecule has 6 nitrogen and oxygen atoms in total. The summed E-state index contributed by atoms with van der Waals surface area (Å²) >= 11 is 0. The van der Waals surface area contributed by atoms with Crippen LogP contribution in [0.5, 0.6) is 0 Å². The van der Waals surface area contributed by atoms with Crippen molar-refractivity contribution in [2.24, 2.45) is 0 Å². The molecule has 0 spiro atoms. The lowest BCUT2D eigenvalue weighted by Gasteiger charge is -2.32. The number of aromatic nitrogens is 1. The zero-order valence-corrected chi connectivity index (χ0v) is 13.5. The molecule has 1 aliphatic rings. The molecule has 7 heteroatoms. The van der Waals surface area contributed by atoms with E-state index in [1.54, 1.807) is 18.3 Å². The van der Waals surface area contributed by atoms with Gasteiger partial charge in [-0.1, -0.05) is 18.2 Å². The minimum atomic E-state index is -3.37. The van der Waals surface area contributed by atoms with Gasteiger partial charge in [0.2, 0.25) is 10.0 Å². The molecule has 122 valence electrons. The van der Waals surface area contributed by atoms with E-state index in [-0.39, 0.29) is 5.25 Å². The SMILES string of the molecule is Nc1ccc(N2CCC(S(=O)(=O)Nc3ccccc3)CC2)nc1. The van der Waals surface area contributed by atoms with Crippen LogP contribution < -0.4 is 15.4 Å². The third-order valence-electron chi connectivity index (χ3n) is 4.01. The van der Waals surface area contributed by atoms with Crippen molar-refractivity contribution in [1.82, 2.24) is 4.98 Å². The van der Waals surface area contributed by atoms with Gasteiger partial charge in [-0.15, -0.1) is 0 Å². The minimum Gasteiger partial charge on any atom is -0.397 e. The number of piperidine rings is 1. The van der Waals surface area contributed by atoms with Gasteiger partial charge in [-0.25, -0.2) is 13.4 Å². The van der Waals surface area contributed by atoms with E-state index in [4.69, 9.17) is 5.73 Å². The first-order chi connectivity index (χ1) is 11.0. The van der Waals surface area contributed by atoms with Crippen LogP contribution >= 0.6 is 0 Å². The van der Waals surface area contributed by atoms with Gasteiger partial charge in [0, 0.05) is 18.8 Å². The van der Waals surface area contributed by atoms with E-state index in [1.165, 1.54) is 0 Å². The predicted molar refractivity (Wildman–Crippen MR) is 92.9 cm³/mol. The average molecular weight is 332 g/mol. The first kappa shape index (κ1) is 15.6. The number of sulfonamides is 1. The van der Waals surface area contributed by atoms with Gasteiger partial charge in [0.1, 0.15) is 5.82 Å². The van der Waals surface area contributed by atoms with Crippen LogP contribution in [-0.2, 0) is 10.0 Å². The number of nitrogens with two attached hydrogens (primary N) is 1. The summed E-state index contributed by atoms with van der Waals surface area (Å²) < 4.78 is 27.6. The second kappa shape index (κ2) is 6.45. The fourth-order valence-electron chi connectivity index (χ4n) is 2.73. The molecule has 2 heterocycles. The van der Waals surface area contributed by atoms with Gasteiger partial charge in [-0.05, 0) is 37.1 Å². The lowest BCUT2D eigenvalue weighted by atomic mass is 10.1. The van der Waals surface area contributed by atoms with Gasteiger partial charge in [-0.3, -0.25) is 4.72 Å². The second-order valence-electron chi connectivity index (χ2n) is 5.65. The van der Waals surface area contributed by atoms with Gasteiger partial charge >= 0.3 is 0 Å². The highest BCUT2D eigenvalue weighted by Gasteiger charge is 2.30. The van der Waals surface area contributed by atoms with E-state index < -0.39 is 10.0 Å². The Morgan fingerprint density at radius 1 is 1.09 bits per heavy atom. The molecule has 0 unspecified atom stereocenters. The maximum atomic E-state index is 12.5. The Balaban J connectivity index is 1.63. The van der Waals surface area contributed by atoms with Gasteiger partial charge in [0.05, 0.1) is 17.1 Å². The first-order valence-corrected chi connectivity index (χ1v) is 9.12. The van der Waals surface area contributed by atoms with Crippen molar-refractivity contribution in [3.05, 3.63) is 48.7 Å². The van der Waals surface area contributed by atoms with E-state index in [0.29, 0.717) is 37.3 Å². The van der Waals surface area contributed by atoms with Gasteiger partial charge in [0.15, 0.2) is 0 Å². The zero-order chi connectivity index (χ0) is 16.3. The van der Waals surface area contributed by atoms with Crippen LogP contribution in [0.4, 0.5) is 17.2 Å². The zero-order valence-electron chi connectivity index (χ0n) is 12.7. The number of nitrogens with zero attached hydrogens (tertiary/aromatic N) is 2. The van der Waals surface area contributed by atoms with Crippen LogP contribution in [0.25, 0.3) is 0 Å². The molecule has 3 N–H and O–H groups in total. The van der Waals surface area contributed by atoms with Crippen LogP contribution in [0.1, 0.15) is 12.8 Å². The average Bonchev–Trinajstić information content (AvgIpc) is 2.56. The number of hydrogen-bond donors (Lipinski definition) is 2. The molecule has 1 saturated heterocycles. The molecule has 3 rings (SSSR count). The van der Waals surface area contributed by atoms with E-state index in [1.807, 2.05) is 30.3 Å². The molecule has 0 radical (unpaired) electrons. The van der Waals surface area contributed by atoms with Crippen LogP contribution in [0, 0.1) is 0 Å². The Kier molecular flexibility index (Phi) is 4.38. The normalized spacial score (nSPS) is 16.3. The summed E-state index contributed by atoms with van der Waals surface area (Å²) in [6.45, 7) is 1.33. The number of pyridine rings is 1. The summed E-state index contributed by atoms with van der Waals surface area (Å²) in [7, 11) is -3.37. The summed E-state index contributed by atoms with van der Waals surface area (Å²) in [6, 6.07) is 12.7. The van der Waals surface area contributed by atoms with Crippen molar-refractivity contribution < 1.29 is 8.42 Å². The van der Waals surface area contributed by atoms with Crippen LogP contribution in [0.2, 0.25) is 0 Å². The quantitative estimate of drug-likeness (QED) is 0.895. The highest BCUT2D eigenvalue weighted by molar-refractivity contribution is 7.93. The Labute approximate surface area is 136 Å². The Bertz CT molecular complexity index is 739. The standard InChI is InChI=1S/C16H20N4O2S/c17-13-6-7-16(18-12-13)20-10-8-15(9-11-20)23(21,22)19-14-4-2-1-3-5-14/h1-7,12,15,19H,8-11,17H2. The summed E-state index contributed by atoms with van der Waals surface area (Å²) in [5, 5.41) is -0.382. The molecule has 0 bridgehead atoms. The molecule has 1 aromatic heterocycles. The van der Waals surface area contributed by atoms with Crippen molar-refractivity contribution in [3.63, 3.8) is 0 Å². The number of rotatable bonds is 4. The highest BCUT2D eigenvalue weighted by Crippen LogP contribution is 2.23. The highest BCUT2D eigenvalue weighted by atomic mass is 32.2. The van der Waals surface area contributed by atoms with Crippen molar-refractivity contribution in [2.45, 2.75) is 18.1 Å². The van der Waals surface area contributed by atoms with Crippen molar-refractivity contribution in [3.8, 4) is 0 Å². The number of nitrogen functional groups attached to an aromatic ring is 1. The summed E-state index contributed by atoms with van der Waals surface area (Å²) in [5.41, 5.74) is 6.87. The lowest BCUT2D eigenvalue weighted by Crippen LogP contribution is -2.41. The number of anilines is 3. The lowest BCUT2D eigenvalue weighted by molar-refractivity contribution is 0.532. The Hall–Kier alpha value is -2.28. The molecule has 2 aromatic rings. The van der Waals surface area contributed by atoms with Gasteiger partial charge < -0.3 is 10.6 Å². The first-order valence-electron chi connectivity index (χ1n) is 7.58. The number of hydrogen-bond acceptors (Lipinski definition) is 5. The second-order valence-corrected chi connectivity index (χ2v) is 7.61. The van der Waals surface area contributed by atoms with Gasteiger partial charge in [0.25, 0.3) is 0 Å². The largest absolute Gasteiger partial charge is 0.397 e. The third-order valence-corrected chi connectivity index (χ3v) is 5.88. The van der Waals surface area contributed by atoms with Crippen LogP contribution in [0.15, 0.2) is 48.7 Å². The molecule has 23 heavy (non-hydrogen) atoms. The van der Waals surface area contributed by atoms with E-state index in [0.717, 1.165) is 5.82 Å². The van der Waals surface area contributed by atoms with Crippen LogP contribution in [0.3, 0.4) is 0 Å². The maximum Gasteiger partial charge on any atom is 0.235 e. The van der Waals surface area contributed by atoms with E-state index in [2.05, 4.69) is 14.6 Å². The molecule has 0 saturated carbocycles. The number of para-hydroxylation sites is 1. The minimum absolute atomic E-state index is 0.382. The molecule has 1 aromatic carbocycles. The molecule has 0 atom stereocenters. The van der Waals surface area contributed by atoms with Crippen molar-refractivity contribution in [1.29, 1.82) is 0 Å². The molecule has 0 aliphatic carbocycles. The molecular weight excluding hydrogens is 312 g/mol. The van der Waals surface area contributed by atoms with Crippen LogP contribution in [-0.4, -0.2) is 31.7 Å². The van der Waals surface area contributed by atoms with E-state index in [9.17, 15) is 8.42 Å². The predicted octanol–water partition coefficient (Wildman–Crippen LogP) is 2.07. The molecule has 1 aliphatic heterocycles. The summed E-state index contributed by atoms with van der Waals surface area (Å²) in [4.78, 5) is 6.38. The molecule has 0 amide bonds. The van der Waals surface area contributed by atoms with E-state index >= 15 is 0 Å². The van der Waals surface area contributed by atoms with Crippen molar-refractivity contribution in [2.75, 3.05) is 28.4 Å². The fraction of sp³-hybridized carbons (Fsp3) is 0.312. The monoisotopic (exact) mass is 332 g/mol. The summed E-state index contributed by atoms with van der Waals surface area (Å²) in [5.74, 6) is 0.839.